The molecule has 1 aliphatic rings. The number of imide groups is 2. The zero-order valence-corrected chi connectivity index (χ0v) is 19.4. The van der Waals surface area contributed by atoms with E-state index >= 15 is 0 Å². The highest BCUT2D eigenvalue weighted by atomic mass is 16.5. The molecule has 2 aromatic carbocycles. The maximum atomic E-state index is 13.1. The predicted molar refractivity (Wildman–Crippen MR) is 128 cm³/mol. The lowest BCUT2D eigenvalue weighted by atomic mass is 10.1. The van der Waals surface area contributed by atoms with Gasteiger partial charge in [-0.1, -0.05) is 25.1 Å². The average Bonchev–Trinajstić information content (AvgIpc) is 3.35. The Kier molecular flexibility index (Phi) is 6.86. The van der Waals surface area contributed by atoms with E-state index < -0.39 is 23.8 Å². The summed E-state index contributed by atoms with van der Waals surface area (Å²) in [5.41, 5.74) is 1.62. The van der Waals surface area contributed by atoms with Crippen LogP contribution in [0.5, 0.6) is 11.5 Å². The van der Waals surface area contributed by atoms with Crippen molar-refractivity contribution in [1.82, 2.24) is 5.32 Å². The Bertz CT molecular complexity index is 1370. The summed E-state index contributed by atoms with van der Waals surface area (Å²) < 4.78 is 16.2. The third-order valence-electron chi connectivity index (χ3n) is 5.45. The normalized spacial score (nSPS) is 14.7. The van der Waals surface area contributed by atoms with E-state index in [1.807, 2.05) is 19.1 Å². The van der Waals surface area contributed by atoms with Crippen LogP contribution in [0.3, 0.4) is 0 Å². The molecule has 1 aliphatic heterocycles. The number of anilines is 1. The molecule has 1 aromatic heterocycles. The molecule has 0 bridgehead atoms. The molecule has 0 aliphatic carbocycles. The van der Waals surface area contributed by atoms with Gasteiger partial charge in [0.15, 0.2) is 11.5 Å². The van der Waals surface area contributed by atoms with Gasteiger partial charge in [-0.3, -0.25) is 14.9 Å². The molecule has 0 saturated carbocycles. The van der Waals surface area contributed by atoms with E-state index in [0.29, 0.717) is 28.5 Å². The molecule has 1 fully saturated rings. The molecule has 10 nitrogen and oxygen atoms in total. The monoisotopic (exact) mass is 490 g/mol. The van der Waals surface area contributed by atoms with E-state index in [-0.39, 0.29) is 17.9 Å². The van der Waals surface area contributed by atoms with Gasteiger partial charge in [-0.15, -0.1) is 0 Å². The number of furan rings is 1. The van der Waals surface area contributed by atoms with Crippen LogP contribution in [-0.4, -0.2) is 36.0 Å². The molecule has 2 heterocycles. The van der Waals surface area contributed by atoms with E-state index in [0.717, 1.165) is 16.9 Å². The quantitative estimate of drug-likeness (QED) is 0.360. The Morgan fingerprint density at radius 2 is 1.81 bits per heavy atom. The lowest BCUT2D eigenvalue weighted by Gasteiger charge is -2.26. The van der Waals surface area contributed by atoms with Crippen LogP contribution in [0.25, 0.3) is 6.08 Å². The SMILES string of the molecule is CCc1ccc(N2C(=O)NC(=O)C(=Cc3ccc(OCc4ccc(C(=O)O)o4)c(OC)c3)C2=O)cc1. The summed E-state index contributed by atoms with van der Waals surface area (Å²) in [7, 11) is 1.42. The summed E-state index contributed by atoms with van der Waals surface area (Å²) in [6.07, 6.45) is 2.16. The van der Waals surface area contributed by atoms with E-state index in [9.17, 15) is 19.2 Å². The third kappa shape index (κ3) is 4.97. The Balaban J connectivity index is 1.56. The standard InChI is InChI=1S/C26H22N2O8/c1-3-15-4-7-17(8-5-15)28-24(30)19(23(29)27-26(28)33)12-16-6-10-20(22(13-16)34-2)35-14-18-9-11-21(36-18)25(31)32/h4-13H,3,14H2,1-2H3,(H,31,32)(H,27,29,33). The number of carboxylic acid groups (broad SMARTS) is 1. The van der Waals surface area contributed by atoms with E-state index in [1.54, 1.807) is 30.3 Å². The van der Waals surface area contributed by atoms with Crippen LogP contribution in [0.2, 0.25) is 0 Å². The Morgan fingerprint density at radius 1 is 1.06 bits per heavy atom. The number of hydrogen-bond acceptors (Lipinski definition) is 7. The number of rotatable bonds is 8. The number of carbonyl (C=O) groups is 4. The van der Waals surface area contributed by atoms with Gasteiger partial charge in [-0.25, -0.2) is 14.5 Å². The van der Waals surface area contributed by atoms with Crippen molar-refractivity contribution in [1.29, 1.82) is 0 Å². The van der Waals surface area contributed by atoms with Crippen LogP contribution >= 0.6 is 0 Å². The highest BCUT2D eigenvalue weighted by molar-refractivity contribution is 6.39. The second-order valence-corrected chi connectivity index (χ2v) is 7.75. The molecule has 0 atom stereocenters. The highest BCUT2D eigenvalue weighted by Crippen LogP contribution is 2.31. The number of ether oxygens (including phenoxy) is 2. The number of nitrogens with zero attached hydrogens (tertiary/aromatic N) is 1. The van der Waals surface area contributed by atoms with Crippen molar-refractivity contribution in [2.75, 3.05) is 12.0 Å². The second-order valence-electron chi connectivity index (χ2n) is 7.75. The first kappa shape index (κ1) is 24.3. The van der Waals surface area contributed by atoms with Crippen LogP contribution in [0, 0.1) is 0 Å². The van der Waals surface area contributed by atoms with E-state index in [2.05, 4.69) is 5.32 Å². The molecule has 184 valence electrons. The van der Waals surface area contributed by atoms with Crippen molar-refractivity contribution < 1.29 is 38.2 Å². The summed E-state index contributed by atoms with van der Waals surface area (Å²) in [6.45, 7) is 1.95. The van der Waals surface area contributed by atoms with Crippen LogP contribution < -0.4 is 19.7 Å². The van der Waals surface area contributed by atoms with Crippen molar-refractivity contribution in [3.63, 3.8) is 0 Å². The number of aryl methyl sites for hydroxylation is 1. The van der Waals surface area contributed by atoms with Gasteiger partial charge in [0.2, 0.25) is 5.76 Å². The van der Waals surface area contributed by atoms with Crippen molar-refractivity contribution in [3.05, 3.63) is 82.8 Å². The fraction of sp³-hybridized carbons (Fsp3) is 0.154. The minimum atomic E-state index is -1.18. The fourth-order valence-electron chi connectivity index (χ4n) is 3.55. The first-order valence-corrected chi connectivity index (χ1v) is 10.9. The molecule has 4 amide bonds. The molecule has 10 heteroatoms. The Labute approximate surface area is 205 Å². The zero-order valence-electron chi connectivity index (χ0n) is 19.4. The lowest BCUT2D eigenvalue weighted by molar-refractivity contribution is -0.122. The summed E-state index contributed by atoms with van der Waals surface area (Å²) in [6, 6.07) is 13.7. The first-order valence-electron chi connectivity index (χ1n) is 10.9. The number of carbonyl (C=O) groups excluding carboxylic acids is 3. The fourth-order valence-corrected chi connectivity index (χ4v) is 3.55. The number of aromatic carboxylic acids is 1. The summed E-state index contributed by atoms with van der Waals surface area (Å²) in [5, 5.41) is 11.1. The largest absolute Gasteiger partial charge is 0.493 e. The van der Waals surface area contributed by atoms with Gasteiger partial charge < -0.3 is 19.0 Å². The number of barbiturate groups is 1. The van der Waals surface area contributed by atoms with Gasteiger partial charge in [0.05, 0.1) is 12.8 Å². The lowest BCUT2D eigenvalue weighted by Crippen LogP contribution is -2.54. The third-order valence-corrected chi connectivity index (χ3v) is 5.45. The molecule has 0 spiro atoms. The molecule has 36 heavy (non-hydrogen) atoms. The molecular formula is C26H22N2O8. The van der Waals surface area contributed by atoms with Gasteiger partial charge in [0.25, 0.3) is 11.8 Å². The number of benzene rings is 2. The molecular weight excluding hydrogens is 468 g/mol. The van der Waals surface area contributed by atoms with Gasteiger partial charge >= 0.3 is 12.0 Å². The zero-order chi connectivity index (χ0) is 25.8. The molecule has 0 unspecified atom stereocenters. The summed E-state index contributed by atoms with van der Waals surface area (Å²) in [5.74, 6) is -2.00. The minimum Gasteiger partial charge on any atom is -0.493 e. The number of hydrogen-bond donors (Lipinski definition) is 2. The first-order chi connectivity index (χ1) is 17.3. The Hall–Kier alpha value is -4.86. The second kappa shape index (κ2) is 10.2. The van der Waals surface area contributed by atoms with Crippen LogP contribution in [0.15, 0.2) is 64.6 Å². The maximum absolute atomic E-state index is 13.1. The molecule has 3 aromatic rings. The van der Waals surface area contributed by atoms with E-state index in [4.69, 9.17) is 19.0 Å². The molecule has 2 N–H and O–H groups in total. The maximum Gasteiger partial charge on any atom is 0.371 e. The predicted octanol–water partition coefficient (Wildman–Crippen LogP) is 3.79. The van der Waals surface area contributed by atoms with Gasteiger partial charge in [0, 0.05) is 0 Å². The van der Waals surface area contributed by atoms with Gasteiger partial charge in [-0.2, -0.15) is 0 Å². The Morgan fingerprint density at radius 3 is 2.44 bits per heavy atom. The smallest absolute Gasteiger partial charge is 0.371 e. The summed E-state index contributed by atoms with van der Waals surface area (Å²) >= 11 is 0. The number of carboxylic acids is 1. The van der Waals surface area contributed by atoms with Crippen molar-refractivity contribution in [3.8, 4) is 11.5 Å². The topological polar surface area (TPSA) is 135 Å². The van der Waals surface area contributed by atoms with Crippen molar-refractivity contribution in [2.45, 2.75) is 20.0 Å². The molecule has 1 saturated heterocycles. The summed E-state index contributed by atoms with van der Waals surface area (Å²) in [4.78, 5) is 49.8. The highest BCUT2D eigenvalue weighted by Gasteiger charge is 2.36. The number of amides is 4. The van der Waals surface area contributed by atoms with Crippen molar-refractivity contribution >= 4 is 35.6 Å². The van der Waals surface area contributed by atoms with Gasteiger partial charge in [0.1, 0.15) is 17.9 Å². The minimum absolute atomic E-state index is 0.0428. The van der Waals surface area contributed by atoms with E-state index in [1.165, 1.54) is 25.3 Å². The van der Waals surface area contributed by atoms with Crippen LogP contribution in [0.1, 0.15) is 34.4 Å². The number of urea groups is 1. The van der Waals surface area contributed by atoms with Crippen LogP contribution in [-0.2, 0) is 22.6 Å². The molecule has 0 radical (unpaired) electrons. The number of methoxy groups -OCH3 is 1. The van der Waals surface area contributed by atoms with Crippen molar-refractivity contribution in [2.24, 2.45) is 0 Å². The van der Waals surface area contributed by atoms with Crippen LogP contribution in [0.4, 0.5) is 10.5 Å². The number of nitrogens with one attached hydrogen (secondary N) is 1. The van der Waals surface area contributed by atoms with Gasteiger partial charge in [-0.05, 0) is 60.0 Å². The molecule has 4 rings (SSSR count). The average molecular weight is 490 g/mol.